The molecule has 2 aromatic rings. The minimum atomic E-state index is -2.50. The van der Waals surface area contributed by atoms with Crippen LogP contribution in [0.2, 0.25) is 0 Å². The fraction of sp³-hybridized carbons (Fsp3) is 0.100. The number of alkyl halides is 2. The van der Waals surface area contributed by atoms with Crippen molar-refractivity contribution in [3.05, 3.63) is 40.5 Å². The predicted molar refractivity (Wildman–Crippen MR) is 54.4 cm³/mol. The van der Waals surface area contributed by atoms with E-state index < -0.39 is 6.43 Å². The van der Waals surface area contributed by atoms with Crippen LogP contribution >= 0.6 is 15.9 Å². The third-order valence-electron chi connectivity index (χ3n) is 1.94. The fourth-order valence-corrected chi connectivity index (χ4v) is 1.74. The van der Waals surface area contributed by atoms with Gasteiger partial charge in [-0.25, -0.2) is 13.8 Å². The van der Waals surface area contributed by atoms with Gasteiger partial charge in [-0.3, -0.25) is 0 Å². The Morgan fingerprint density at radius 2 is 1.93 bits per heavy atom. The second-order valence-corrected chi connectivity index (χ2v) is 3.61. The summed E-state index contributed by atoms with van der Waals surface area (Å²) in [5.41, 5.74) is 0.646. The van der Waals surface area contributed by atoms with Gasteiger partial charge in [-0.05, 0) is 28.1 Å². The van der Waals surface area contributed by atoms with Crippen LogP contribution in [0.15, 0.2) is 34.9 Å². The lowest BCUT2D eigenvalue weighted by Crippen LogP contribution is -1.90. The lowest BCUT2D eigenvalue weighted by molar-refractivity contribution is 0.150. The number of hydrogen-bond acceptors (Lipinski definition) is 1. The van der Waals surface area contributed by atoms with Crippen molar-refractivity contribution in [1.29, 1.82) is 0 Å². The van der Waals surface area contributed by atoms with Crippen LogP contribution in [0.25, 0.3) is 10.9 Å². The molecular formula is C10H6BrF2N. The molecule has 0 saturated carbocycles. The molecule has 1 nitrogen and oxygen atoms in total. The van der Waals surface area contributed by atoms with Crippen molar-refractivity contribution in [2.24, 2.45) is 0 Å². The van der Waals surface area contributed by atoms with Gasteiger partial charge < -0.3 is 0 Å². The summed E-state index contributed by atoms with van der Waals surface area (Å²) in [5.74, 6) is 0. The van der Waals surface area contributed by atoms with Crippen molar-refractivity contribution in [2.75, 3.05) is 0 Å². The molecule has 14 heavy (non-hydrogen) atoms. The Kier molecular flexibility index (Phi) is 2.46. The Hall–Kier alpha value is -1.03. The fourth-order valence-electron chi connectivity index (χ4n) is 1.26. The summed E-state index contributed by atoms with van der Waals surface area (Å²) in [7, 11) is 0. The third-order valence-corrected chi connectivity index (χ3v) is 2.57. The van der Waals surface area contributed by atoms with Gasteiger partial charge in [-0.1, -0.05) is 18.2 Å². The quantitative estimate of drug-likeness (QED) is 0.706. The first-order chi connectivity index (χ1) is 6.68. The number of nitrogens with zero attached hydrogens (tertiary/aromatic N) is 1. The Labute approximate surface area is 87.9 Å². The van der Waals surface area contributed by atoms with Gasteiger partial charge in [0.1, 0.15) is 4.60 Å². The van der Waals surface area contributed by atoms with E-state index in [1.807, 2.05) is 6.07 Å². The molecule has 0 N–H and O–H groups in total. The maximum absolute atomic E-state index is 12.5. The molecule has 0 atom stereocenters. The molecule has 0 saturated heterocycles. The molecule has 0 bridgehead atoms. The summed E-state index contributed by atoms with van der Waals surface area (Å²) in [4.78, 5) is 4.03. The average Bonchev–Trinajstić information content (AvgIpc) is 2.16. The van der Waals surface area contributed by atoms with E-state index in [0.717, 1.165) is 5.39 Å². The molecule has 1 aromatic carbocycles. The monoisotopic (exact) mass is 257 g/mol. The van der Waals surface area contributed by atoms with Crippen LogP contribution in [-0.4, -0.2) is 4.98 Å². The molecule has 0 spiro atoms. The molecule has 0 unspecified atom stereocenters. The molecule has 0 fully saturated rings. The Morgan fingerprint density at radius 3 is 2.64 bits per heavy atom. The van der Waals surface area contributed by atoms with Gasteiger partial charge in [0.15, 0.2) is 0 Å². The van der Waals surface area contributed by atoms with Gasteiger partial charge in [0.05, 0.1) is 11.1 Å². The molecule has 2 rings (SSSR count). The van der Waals surface area contributed by atoms with Crippen molar-refractivity contribution in [3.63, 3.8) is 0 Å². The number of fused-ring (bicyclic) bond motifs is 1. The van der Waals surface area contributed by atoms with Crippen LogP contribution < -0.4 is 0 Å². The molecule has 1 aromatic heterocycles. The molecule has 0 radical (unpaired) electrons. The molecule has 0 aliphatic carbocycles. The van der Waals surface area contributed by atoms with E-state index in [-0.39, 0.29) is 10.2 Å². The van der Waals surface area contributed by atoms with Crippen molar-refractivity contribution < 1.29 is 8.78 Å². The van der Waals surface area contributed by atoms with E-state index in [1.165, 1.54) is 6.07 Å². The normalized spacial score (nSPS) is 11.1. The van der Waals surface area contributed by atoms with Crippen LogP contribution in [-0.2, 0) is 0 Å². The second kappa shape index (κ2) is 3.61. The highest BCUT2D eigenvalue weighted by Crippen LogP contribution is 2.28. The summed E-state index contributed by atoms with van der Waals surface area (Å²) >= 11 is 3.03. The van der Waals surface area contributed by atoms with Crippen molar-refractivity contribution >= 4 is 26.8 Å². The third kappa shape index (κ3) is 1.62. The van der Waals surface area contributed by atoms with Gasteiger partial charge >= 0.3 is 0 Å². The molecular weight excluding hydrogens is 252 g/mol. The summed E-state index contributed by atoms with van der Waals surface area (Å²) in [6.07, 6.45) is -2.50. The topological polar surface area (TPSA) is 12.9 Å². The van der Waals surface area contributed by atoms with Crippen molar-refractivity contribution in [2.45, 2.75) is 6.43 Å². The summed E-state index contributed by atoms with van der Waals surface area (Å²) < 4.78 is 25.2. The first-order valence-electron chi connectivity index (χ1n) is 4.02. The van der Waals surface area contributed by atoms with E-state index in [1.54, 1.807) is 18.2 Å². The van der Waals surface area contributed by atoms with E-state index in [2.05, 4.69) is 20.9 Å². The standard InChI is InChI=1S/C10H6BrF2N/c11-9-7(10(12)13)5-6-3-1-2-4-8(6)14-9/h1-5,10H. The highest BCUT2D eigenvalue weighted by atomic mass is 79.9. The maximum Gasteiger partial charge on any atom is 0.266 e. The number of hydrogen-bond donors (Lipinski definition) is 0. The summed E-state index contributed by atoms with van der Waals surface area (Å²) in [6, 6.07) is 8.63. The number of pyridine rings is 1. The van der Waals surface area contributed by atoms with Gasteiger partial charge in [-0.15, -0.1) is 0 Å². The van der Waals surface area contributed by atoms with Crippen LogP contribution in [0.1, 0.15) is 12.0 Å². The minimum absolute atomic E-state index is 0.0660. The Morgan fingerprint density at radius 1 is 1.21 bits per heavy atom. The summed E-state index contributed by atoms with van der Waals surface area (Å²) in [5, 5.41) is 0.728. The van der Waals surface area contributed by atoms with Crippen molar-refractivity contribution in [1.82, 2.24) is 4.98 Å². The highest BCUT2D eigenvalue weighted by molar-refractivity contribution is 9.10. The largest absolute Gasteiger partial charge is 0.266 e. The van der Waals surface area contributed by atoms with Crippen LogP contribution in [0.3, 0.4) is 0 Å². The highest BCUT2D eigenvalue weighted by Gasteiger charge is 2.13. The number of aromatic nitrogens is 1. The van der Waals surface area contributed by atoms with Crippen molar-refractivity contribution in [3.8, 4) is 0 Å². The molecule has 72 valence electrons. The van der Waals surface area contributed by atoms with Crippen LogP contribution in [0.5, 0.6) is 0 Å². The SMILES string of the molecule is FC(F)c1cc2ccccc2nc1Br. The number of halogens is 3. The molecule has 4 heteroatoms. The molecule has 0 aliphatic rings. The summed E-state index contributed by atoms with van der Waals surface area (Å²) in [6.45, 7) is 0. The predicted octanol–water partition coefficient (Wildman–Crippen LogP) is 3.93. The van der Waals surface area contributed by atoms with E-state index in [4.69, 9.17) is 0 Å². The van der Waals surface area contributed by atoms with Gasteiger partial charge in [0.25, 0.3) is 6.43 Å². The number of para-hydroxylation sites is 1. The zero-order valence-electron chi connectivity index (χ0n) is 7.05. The number of rotatable bonds is 1. The average molecular weight is 258 g/mol. The smallest absolute Gasteiger partial charge is 0.240 e. The number of benzene rings is 1. The first kappa shape index (κ1) is 9.52. The maximum atomic E-state index is 12.5. The van der Waals surface area contributed by atoms with E-state index in [0.29, 0.717) is 5.52 Å². The van der Waals surface area contributed by atoms with E-state index >= 15 is 0 Å². The van der Waals surface area contributed by atoms with Gasteiger partial charge in [0.2, 0.25) is 0 Å². The van der Waals surface area contributed by atoms with Crippen LogP contribution in [0, 0.1) is 0 Å². The molecule has 1 heterocycles. The first-order valence-corrected chi connectivity index (χ1v) is 4.81. The van der Waals surface area contributed by atoms with Gasteiger partial charge in [-0.2, -0.15) is 0 Å². The lowest BCUT2D eigenvalue weighted by atomic mass is 10.2. The zero-order chi connectivity index (χ0) is 10.1. The second-order valence-electron chi connectivity index (χ2n) is 2.86. The Bertz CT molecular complexity index is 471. The zero-order valence-corrected chi connectivity index (χ0v) is 8.63. The minimum Gasteiger partial charge on any atom is -0.240 e. The van der Waals surface area contributed by atoms with Crippen LogP contribution in [0.4, 0.5) is 8.78 Å². The van der Waals surface area contributed by atoms with Gasteiger partial charge in [0, 0.05) is 5.39 Å². The molecule has 0 amide bonds. The lowest BCUT2D eigenvalue weighted by Gasteiger charge is -2.04. The Balaban J connectivity index is 2.71. The van der Waals surface area contributed by atoms with E-state index in [9.17, 15) is 8.78 Å². The molecule has 0 aliphatic heterocycles.